The summed E-state index contributed by atoms with van der Waals surface area (Å²) in [5, 5.41) is 12.7. The number of carbonyl (C=O) groups excluding carboxylic acids is 1. The Balaban J connectivity index is 1.94. The predicted octanol–water partition coefficient (Wildman–Crippen LogP) is 3.04. The maximum absolute atomic E-state index is 12.2. The van der Waals surface area contributed by atoms with Gasteiger partial charge in [-0.1, -0.05) is 29.3 Å². The van der Waals surface area contributed by atoms with Gasteiger partial charge in [0.15, 0.2) is 6.10 Å². The molecule has 0 bridgehead atoms. The molecule has 2 atom stereocenters. The summed E-state index contributed by atoms with van der Waals surface area (Å²) in [6.07, 6.45) is 2.09. The van der Waals surface area contributed by atoms with Gasteiger partial charge in [0.25, 0.3) is 5.91 Å². The Morgan fingerprint density at radius 1 is 1.48 bits per heavy atom. The summed E-state index contributed by atoms with van der Waals surface area (Å²) in [5.41, 5.74) is 0. The molecule has 4 nitrogen and oxygen atoms in total. The fourth-order valence-corrected chi connectivity index (χ4v) is 2.52. The van der Waals surface area contributed by atoms with E-state index >= 15 is 0 Å². The van der Waals surface area contributed by atoms with Crippen LogP contribution in [0.5, 0.6) is 5.75 Å². The molecule has 1 aromatic rings. The Labute approximate surface area is 134 Å². The molecular weight excluding hydrogens is 313 g/mol. The van der Waals surface area contributed by atoms with Gasteiger partial charge in [-0.15, -0.1) is 0 Å². The van der Waals surface area contributed by atoms with Crippen LogP contribution in [0.1, 0.15) is 26.2 Å². The highest BCUT2D eigenvalue weighted by Gasteiger charge is 2.33. The average molecular weight is 332 g/mol. The van der Waals surface area contributed by atoms with Gasteiger partial charge in [-0.2, -0.15) is 0 Å². The molecule has 0 radical (unpaired) electrons. The molecule has 6 heteroatoms. The standard InChI is InChI=1S/C15H19Cl2NO3/c1-9(21-13-4-2-3-11(16)14(13)17)15(20)18-12(7-8-19)10-5-6-10/h2-4,9-10,12,19H,5-8H2,1H3,(H,18,20). The van der Waals surface area contributed by atoms with E-state index in [4.69, 9.17) is 33.0 Å². The summed E-state index contributed by atoms with van der Waals surface area (Å²) in [5.74, 6) is 0.649. The predicted molar refractivity (Wildman–Crippen MR) is 82.9 cm³/mol. The zero-order valence-electron chi connectivity index (χ0n) is 11.8. The molecule has 1 amide bonds. The Bertz CT molecular complexity index is 506. The van der Waals surface area contributed by atoms with Gasteiger partial charge in [0.05, 0.1) is 5.02 Å². The van der Waals surface area contributed by atoms with Crippen LogP contribution in [0, 0.1) is 5.92 Å². The fraction of sp³-hybridized carbons (Fsp3) is 0.533. The van der Waals surface area contributed by atoms with Crippen LogP contribution in [-0.4, -0.2) is 29.8 Å². The molecule has 21 heavy (non-hydrogen) atoms. The Morgan fingerprint density at radius 2 is 2.19 bits per heavy atom. The first kappa shape index (κ1) is 16.4. The van der Waals surface area contributed by atoms with Gasteiger partial charge in [0.1, 0.15) is 10.8 Å². The summed E-state index contributed by atoms with van der Waals surface area (Å²) in [6, 6.07) is 5.06. The number of carbonyl (C=O) groups is 1. The molecule has 1 aliphatic rings. The second kappa shape index (κ2) is 7.34. The highest BCUT2D eigenvalue weighted by Crippen LogP contribution is 2.34. The van der Waals surface area contributed by atoms with Crippen molar-refractivity contribution >= 4 is 29.1 Å². The molecule has 1 aliphatic carbocycles. The number of hydrogen-bond acceptors (Lipinski definition) is 3. The lowest BCUT2D eigenvalue weighted by atomic mass is 10.1. The van der Waals surface area contributed by atoms with Gasteiger partial charge in [-0.05, 0) is 44.2 Å². The van der Waals surface area contributed by atoms with E-state index in [0.29, 0.717) is 28.1 Å². The van der Waals surface area contributed by atoms with E-state index in [-0.39, 0.29) is 18.6 Å². The van der Waals surface area contributed by atoms with E-state index in [1.165, 1.54) is 0 Å². The lowest BCUT2D eigenvalue weighted by Gasteiger charge is -2.21. The van der Waals surface area contributed by atoms with Gasteiger partial charge < -0.3 is 15.2 Å². The Kier molecular flexibility index (Phi) is 5.73. The summed E-state index contributed by atoms with van der Waals surface area (Å²) in [7, 11) is 0. The largest absolute Gasteiger partial charge is 0.479 e. The van der Waals surface area contributed by atoms with Crippen LogP contribution in [-0.2, 0) is 4.79 Å². The molecule has 0 aliphatic heterocycles. The van der Waals surface area contributed by atoms with Crippen LogP contribution in [0.25, 0.3) is 0 Å². The molecule has 2 rings (SSSR count). The van der Waals surface area contributed by atoms with Crippen LogP contribution >= 0.6 is 23.2 Å². The summed E-state index contributed by atoms with van der Waals surface area (Å²) in [6.45, 7) is 1.73. The maximum atomic E-state index is 12.2. The molecular formula is C15H19Cl2NO3. The number of rotatable bonds is 7. The number of nitrogens with one attached hydrogen (secondary N) is 1. The number of amides is 1. The number of halogens is 2. The van der Waals surface area contributed by atoms with E-state index in [1.54, 1.807) is 25.1 Å². The van der Waals surface area contributed by atoms with Crippen molar-refractivity contribution in [3.63, 3.8) is 0 Å². The number of ether oxygens (including phenoxy) is 1. The number of benzene rings is 1. The van der Waals surface area contributed by atoms with Crippen molar-refractivity contribution in [1.82, 2.24) is 5.32 Å². The number of aliphatic hydroxyl groups excluding tert-OH is 1. The van der Waals surface area contributed by atoms with E-state index in [0.717, 1.165) is 12.8 Å². The quantitative estimate of drug-likeness (QED) is 0.807. The van der Waals surface area contributed by atoms with Crippen molar-refractivity contribution in [3.8, 4) is 5.75 Å². The first-order valence-corrected chi connectivity index (χ1v) is 7.80. The SMILES string of the molecule is CC(Oc1cccc(Cl)c1Cl)C(=O)NC(CCO)C1CC1. The zero-order valence-corrected chi connectivity index (χ0v) is 13.3. The third-order valence-electron chi connectivity index (χ3n) is 3.55. The molecule has 0 heterocycles. The first-order chi connectivity index (χ1) is 10.0. The summed E-state index contributed by atoms with van der Waals surface area (Å²) >= 11 is 11.9. The minimum absolute atomic E-state index is 0.0170. The second-order valence-corrected chi connectivity index (χ2v) is 6.06. The molecule has 1 aromatic carbocycles. The summed E-state index contributed by atoms with van der Waals surface area (Å²) < 4.78 is 5.58. The van der Waals surface area contributed by atoms with Gasteiger partial charge in [0, 0.05) is 12.6 Å². The van der Waals surface area contributed by atoms with Crippen LogP contribution in [0.4, 0.5) is 0 Å². The lowest BCUT2D eigenvalue weighted by molar-refractivity contribution is -0.128. The molecule has 1 fully saturated rings. The monoisotopic (exact) mass is 331 g/mol. The minimum Gasteiger partial charge on any atom is -0.479 e. The van der Waals surface area contributed by atoms with Gasteiger partial charge in [-0.25, -0.2) is 0 Å². The maximum Gasteiger partial charge on any atom is 0.261 e. The summed E-state index contributed by atoms with van der Waals surface area (Å²) in [4.78, 5) is 12.2. The first-order valence-electron chi connectivity index (χ1n) is 7.04. The van der Waals surface area contributed by atoms with E-state index < -0.39 is 6.10 Å². The second-order valence-electron chi connectivity index (χ2n) is 5.28. The molecule has 0 aromatic heterocycles. The topological polar surface area (TPSA) is 58.6 Å². The third kappa shape index (κ3) is 4.50. The zero-order chi connectivity index (χ0) is 15.4. The molecule has 0 saturated heterocycles. The van der Waals surface area contributed by atoms with E-state index in [1.807, 2.05) is 0 Å². The number of aliphatic hydroxyl groups is 1. The third-order valence-corrected chi connectivity index (χ3v) is 4.35. The van der Waals surface area contributed by atoms with E-state index in [2.05, 4.69) is 5.32 Å². The fourth-order valence-electron chi connectivity index (χ4n) is 2.18. The highest BCUT2D eigenvalue weighted by molar-refractivity contribution is 6.42. The molecule has 116 valence electrons. The van der Waals surface area contributed by atoms with Crippen LogP contribution in [0.15, 0.2) is 18.2 Å². The van der Waals surface area contributed by atoms with Crippen molar-refractivity contribution < 1.29 is 14.6 Å². The van der Waals surface area contributed by atoms with Crippen molar-refractivity contribution in [2.75, 3.05) is 6.61 Å². The van der Waals surface area contributed by atoms with Gasteiger partial charge in [0.2, 0.25) is 0 Å². The smallest absolute Gasteiger partial charge is 0.261 e. The molecule has 1 saturated carbocycles. The van der Waals surface area contributed by atoms with Crippen molar-refractivity contribution in [2.24, 2.45) is 5.92 Å². The molecule has 2 unspecified atom stereocenters. The Hall–Kier alpha value is -0.970. The van der Waals surface area contributed by atoms with Crippen molar-refractivity contribution in [3.05, 3.63) is 28.2 Å². The van der Waals surface area contributed by atoms with Crippen LogP contribution < -0.4 is 10.1 Å². The lowest BCUT2D eigenvalue weighted by Crippen LogP contribution is -2.44. The minimum atomic E-state index is -0.680. The normalized spacial score (nSPS) is 17.1. The molecule has 2 N–H and O–H groups in total. The number of hydrogen-bond donors (Lipinski definition) is 2. The van der Waals surface area contributed by atoms with Gasteiger partial charge in [-0.3, -0.25) is 4.79 Å². The van der Waals surface area contributed by atoms with Crippen molar-refractivity contribution in [2.45, 2.75) is 38.3 Å². The molecule has 0 spiro atoms. The highest BCUT2D eigenvalue weighted by atomic mass is 35.5. The van der Waals surface area contributed by atoms with Crippen LogP contribution in [0.2, 0.25) is 10.0 Å². The average Bonchev–Trinajstić information content (AvgIpc) is 3.27. The van der Waals surface area contributed by atoms with Gasteiger partial charge >= 0.3 is 0 Å². The Morgan fingerprint density at radius 3 is 2.81 bits per heavy atom. The van der Waals surface area contributed by atoms with Crippen molar-refractivity contribution in [1.29, 1.82) is 0 Å². The van der Waals surface area contributed by atoms with Crippen LogP contribution in [0.3, 0.4) is 0 Å². The van der Waals surface area contributed by atoms with E-state index in [9.17, 15) is 4.79 Å².